The molecule has 0 aliphatic carbocycles. The fourth-order valence-electron chi connectivity index (χ4n) is 2.37. The van der Waals surface area contributed by atoms with Crippen molar-refractivity contribution in [3.05, 3.63) is 24.3 Å². The fourth-order valence-corrected chi connectivity index (χ4v) is 2.37. The van der Waals surface area contributed by atoms with E-state index in [0.29, 0.717) is 0 Å². The molecule has 0 aromatic carbocycles. The van der Waals surface area contributed by atoms with Crippen molar-refractivity contribution in [3.63, 3.8) is 0 Å². The first kappa shape index (κ1) is 19.4. The summed E-state index contributed by atoms with van der Waals surface area (Å²) in [6.45, 7) is 2.45. The third kappa shape index (κ3) is 17.4. The van der Waals surface area contributed by atoms with Crippen molar-refractivity contribution in [1.82, 2.24) is 0 Å². The van der Waals surface area contributed by atoms with Gasteiger partial charge in [0.15, 0.2) is 0 Å². The highest BCUT2D eigenvalue weighted by molar-refractivity contribution is 4.87. The monoisotopic (exact) mass is 280 g/mol. The molecule has 0 fully saturated rings. The summed E-state index contributed by atoms with van der Waals surface area (Å²) in [6, 6.07) is 0. The second kappa shape index (κ2) is 18.4. The Morgan fingerprint density at radius 1 is 0.550 bits per heavy atom. The molecule has 0 aromatic rings. The summed E-state index contributed by atoms with van der Waals surface area (Å²) >= 11 is 0. The minimum Gasteiger partial charge on any atom is -0.392 e. The Morgan fingerprint density at radius 3 is 1.55 bits per heavy atom. The maximum atomic E-state index is 8.58. The predicted molar refractivity (Wildman–Crippen MR) is 91.1 cm³/mol. The zero-order valence-corrected chi connectivity index (χ0v) is 13.7. The van der Waals surface area contributed by atoms with Crippen molar-refractivity contribution >= 4 is 0 Å². The van der Waals surface area contributed by atoms with Crippen molar-refractivity contribution in [3.8, 4) is 0 Å². The van der Waals surface area contributed by atoms with Gasteiger partial charge >= 0.3 is 0 Å². The number of aliphatic hydroxyl groups excluding tert-OH is 1. The lowest BCUT2D eigenvalue weighted by Crippen LogP contribution is -1.81. The number of unbranched alkanes of at least 4 members (excludes halogenated alkanes) is 11. The zero-order valence-electron chi connectivity index (χ0n) is 13.7. The standard InChI is InChI=1S/C19H36O/c1-2-3-4-5-6-7-8-9-10-11-12-13-14-15-16-17-18-19-20/h13-14,17-18,20H,2-12,15-16,19H2,1H3/b14-13+,18-17+. The third-order valence-corrected chi connectivity index (χ3v) is 3.66. The fraction of sp³-hybridized carbons (Fsp3) is 0.789. The van der Waals surface area contributed by atoms with Crippen LogP contribution in [0, 0.1) is 0 Å². The van der Waals surface area contributed by atoms with E-state index in [0.717, 1.165) is 12.8 Å². The van der Waals surface area contributed by atoms with Crippen LogP contribution in [-0.4, -0.2) is 11.7 Å². The highest BCUT2D eigenvalue weighted by atomic mass is 16.2. The molecule has 20 heavy (non-hydrogen) atoms. The summed E-state index contributed by atoms with van der Waals surface area (Å²) < 4.78 is 0. The number of rotatable bonds is 15. The topological polar surface area (TPSA) is 20.2 Å². The van der Waals surface area contributed by atoms with Gasteiger partial charge in [0, 0.05) is 0 Å². The maximum absolute atomic E-state index is 8.58. The molecule has 0 saturated carbocycles. The number of aliphatic hydroxyl groups is 1. The van der Waals surface area contributed by atoms with Crippen molar-refractivity contribution in [1.29, 1.82) is 0 Å². The molecule has 1 nitrogen and oxygen atoms in total. The van der Waals surface area contributed by atoms with Crippen LogP contribution in [0.4, 0.5) is 0 Å². The first-order chi connectivity index (χ1) is 9.91. The lowest BCUT2D eigenvalue weighted by Gasteiger charge is -2.01. The third-order valence-electron chi connectivity index (χ3n) is 3.66. The van der Waals surface area contributed by atoms with E-state index in [-0.39, 0.29) is 6.61 Å². The first-order valence-corrected chi connectivity index (χ1v) is 8.82. The van der Waals surface area contributed by atoms with Gasteiger partial charge in [-0.15, -0.1) is 0 Å². The van der Waals surface area contributed by atoms with E-state index >= 15 is 0 Å². The van der Waals surface area contributed by atoms with Gasteiger partial charge in [0.25, 0.3) is 0 Å². The van der Waals surface area contributed by atoms with Crippen LogP contribution in [-0.2, 0) is 0 Å². The number of allylic oxidation sites excluding steroid dienone is 3. The Kier molecular flexibility index (Phi) is 17.9. The summed E-state index contributed by atoms with van der Waals surface area (Å²) in [4.78, 5) is 0. The van der Waals surface area contributed by atoms with E-state index in [1.54, 1.807) is 0 Å². The molecule has 0 amide bonds. The summed E-state index contributed by atoms with van der Waals surface area (Å²) in [5.41, 5.74) is 0. The van der Waals surface area contributed by atoms with Gasteiger partial charge in [0.1, 0.15) is 0 Å². The molecular weight excluding hydrogens is 244 g/mol. The first-order valence-electron chi connectivity index (χ1n) is 8.82. The Morgan fingerprint density at radius 2 is 1.00 bits per heavy atom. The van der Waals surface area contributed by atoms with Crippen molar-refractivity contribution in [2.45, 2.75) is 90.4 Å². The molecule has 0 rings (SSSR count). The molecule has 0 spiro atoms. The highest BCUT2D eigenvalue weighted by Crippen LogP contribution is 2.11. The van der Waals surface area contributed by atoms with E-state index in [1.165, 1.54) is 70.6 Å². The van der Waals surface area contributed by atoms with Crippen molar-refractivity contribution in [2.24, 2.45) is 0 Å². The van der Waals surface area contributed by atoms with E-state index in [4.69, 9.17) is 5.11 Å². The van der Waals surface area contributed by atoms with Crippen LogP contribution in [0.2, 0.25) is 0 Å². The number of hydrogen-bond acceptors (Lipinski definition) is 1. The van der Waals surface area contributed by atoms with Gasteiger partial charge in [-0.2, -0.15) is 0 Å². The molecule has 0 bridgehead atoms. The average molecular weight is 280 g/mol. The molecule has 0 aliphatic heterocycles. The average Bonchev–Trinajstić information content (AvgIpc) is 2.47. The molecule has 0 atom stereocenters. The summed E-state index contributed by atoms with van der Waals surface area (Å²) in [7, 11) is 0. The molecule has 1 heteroatoms. The molecule has 0 aromatic heterocycles. The smallest absolute Gasteiger partial charge is 0.0612 e. The van der Waals surface area contributed by atoms with Crippen LogP contribution in [0.5, 0.6) is 0 Å². The Labute approximate surface area is 127 Å². The van der Waals surface area contributed by atoms with E-state index in [2.05, 4.69) is 19.1 Å². The quantitative estimate of drug-likeness (QED) is 0.280. The van der Waals surface area contributed by atoms with Gasteiger partial charge in [-0.25, -0.2) is 0 Å². The van der Waals surface area contributed by atoms with Crippen LogP contribution < -0.4 is 0 Å². The largest absolute Gasteiger partial charge is 0.392 e. The molecule has 0 heterocycles. The minimum atomic E-state index is 0.169. The van der Waals surface area contributed by atoms with Gasteiger partial charge in [-0.3, -0.25) is 0 Å². The molecule has 1 N–H and O–H groups in total. The normalized spacial score (nSPS) is 11.9. The van der Waals surface area contributed by atoms with E-state index < -0.39 is 0 Å². The van der Waals surface area contributed by atoms with Crippen molar-refractivity contribution in [2.75, 3.05) is 6.61 Å². The van der Waals surface area contributed by atoms with Crippen molar-refractivity contribution < 1.29 is 5.11 Å². The second-order valence-corrected chi connectivity index (χ2v) is 5.67. The minimum absolute atomic E-state index is 0.169. The molecule has 0 unspecified atom stereocenters. The van der Waals surface area contributed by atoms with Gasteiger partial charge in [-0.05, 0) is 25.7 Å². The second-order valence-electron chi connectivity index (χ2n) is 5.67. The predicted octanol–water partition coefficient (Wildman–Crippen LogP) is 6.18. The summed E-state index contributed by atoms with van der Waals surface area (Å²) in [6.07, 6.45) is 26.0. The van der Waals surface area contributed by atoms with Crippen LogP contribution in [0.25, 0.3) is 0 Å². The van der Waals surface area contributed by atoms with Crippen LogP contribution in [0.15, 0.2) is 24.3 Å². The zero-order chi connectivity index (χ0) is 14.7. The molecular formula is C19H36O. The number of hydrogen-bond donors (Lipinski definition) is 1. The molecule has 0 aliphatic rings. The molecule has 0 saturated heterocycles. The molecule has 118 valence electrons. The van der Waals surface area contributed by atoms with Crippen LogP contribution in [0.3, 0.4) is 0 Å². The summed E-state index contributed by atoms with van der Waals surface area (Å²) in [5.74, 6) is 0. The van der Waals surface area contributed by atoms with Crippen LogP contribution >= 0.6 is 0 Å². The van der Waals surface area contributed by atoms with Gasteiger partial charge < -0.3 is 5.11 Å². The molecule has 0 radical (unpaired) electrons. The Bertz CT molecular complexity index is 218. The van der Waals surface area contributed by atoms with E-state index in [1.807, 2.05) is 12.2 Å². The highest BCUT2D eigenvalue weighted by Gasteiger charge is 1.91. The van der Waals surface area contributed by atoms with Gasteiger partial charge in [0.2, 0.25) is 0 Å². The van der Waals surface area contributed by atoms with Crippen LogP contribution in [0.1, 0.15) is 90.4 Å². The Balaban J connectivity index is 3.05. The Hall–Kier alpha value is -0.560. The van der Waals surface area contributed by atoms with Gasteiger partial charge in [0.05, 0.1) is 6.61 Å². The van der Waals surface area contributed by atoms with Gasteiger partial charge in [-0.1, -0.05) is 89.0 Å². The maximum Gasteiger partial charge on any atom is 0.0612 e. The lowest BCUT2D eigenvalue weighted by molar-refractivity contribution is 0.342. The lowest BCUT2D eigenvalue weighted by atomic mass is 10.1. The van der Waals surface area contributed by atoms with E-state index in [9.17, 15) is 0 Å². The SMILES string of the molecule is CCCCCCCCCCCC/C=C/CC/C=C/CO. The summed E-state index contributed by atoms with van der Waals surface area (Å²) in [5, 5.41) is 8.58.